The summed E-state index contributed by atoms with van der Waals surface area (Å²) in [6.07, 6.45) is 4.38. The molecule has 0 amide bonds. The summed E-state index contributed by atoms with van der Waals surface area (Å²) in [7, 11) is 0. The van der Waals surface area contributed by atoms with E-state index in [1.807, 2.05) is 6.20 Å². The van der Waals surface area contributed by atoms with Gasteiger partial charge in [-0.15, -0.1) is 0 Å². The Balaban J connectivity index is 0.000000640. The Morgan fingerprint density at radius 2 is 2.44 bits per heavy atom. The molecule has 0 spiro atoms. The van der Waals surface area contributed by atoms with Gasteiger partial charge >= 0.3 is 0 Å². The summed E-state index contributed by atoms with van der Waals surface area (Å²) in [5.41, 5.74) is 6.30. The summed E-state index contributed by atoms with van der Waals surface area (Å²) in [5.74, 6) is 0. The molecule has 9 heavy (non-hydrogen) atoms. The van der Waals surface area contributed by atoms with Gasteiger partial charge in [0, 0.05) is 29.4 Å². The van der Waals surface area contributed by atoms with E-state index >= 15 is 0 Å². The third-order valence-corrected chi connectivity index (χ3v) is 0.955. The first kappa shape index (κ1) is 8.68. The summed E-state index contributed by atoms with van der Waals surface area (Å²) in [6.45, 7) is 0.671. The zero-order valence-corrected chi connectivity index (χ0v) is 5.97. The van der Waals surface area contributed by atoms with Crippen molar-refractivity contribution < 1.29 is 16.8 Å². The fourth-order valence-corrected chi connectivity index (χ4v) is 0.576. The summed E-state index contributed by atoms with van der Waals surface area (Å²) >= 11 is 0. The van der Waals surface area contributed by atoms with Crippen LogP contribution in [0.4, 0.5) is 0 Å². The molecule has 1 aromatic heterocycles. The number of imidazole rings is 1. The van der Waals surface area contributed by atoms with Gasteiger partial charge in [0.05, 0.1) is 12.0 Å². The van der Waals surface area contributed by atoms with E-state index in [1.165, 1.54) is 0 Å². The third-order valence-electron chi connectivity index (χ3n) is 0.955. The van der Waals surface area contributed by atoms with E-state index < -0.39 is 0 Å². The third kappa shape index (κ3) is 2.64. The Bertz CT molecular complexity index is 138. The van der Waals surface area contributed by atoms with E-state index in [0.29, 0.717) is 6.54 Å². The van der Waals surface area contributed by atoms with Crippen LogP contribution in [0.5, 0.6) is 0 Å². The van der Waals surface area contributed by atoms with Crippen LogP contribution in [0.3, 0.4) is 0 Å². The average molecular weight is 170 g/mol. The van der Waals surface area contributed by atoms with Gasteiger partial charge in [0.1, 0.15) is 0 Å². The molecule has 0 fully saturated rings. The molecule has 1 rings (SSSR count). The van der Waals surface area contributed by atoms with E-state index in [2.05, 4.69) is 9.97 Å². The number of rotatable bonds is 2. The van der Waals surface area contributed by atoms with Crippen LogP contribution in [-0.4, -0.2) is 16.5 Å². The number of nitrogens with zero attached hydrogens (tertiary/aromatic N) is 1. The Hall–Kier alpha value is -0.324. The number of hydrogen-bond donors (Lipinski definition) is 2. The molecule has 0 aliphatic rings. The molecule has 1 heterocycles. The normalized spacial score (nSPS) is 8.56. The van der Waals surface area contributed by atoms with Gasteiger partial charge in [-0.3, -0.25) is 0 Å². The number of aromatic nitrogens is 2. The molecule has 0 aliphatic carbocycles. The first-order chi connectivity index (χ1) is 3.93. The monoisotopic (exact) mass is 170 g/mol. The van der Waals surface area contributed by atoms with Crippen molar-refractivity contribution in [2.75, 3.05) is 6.54 Å². The smallest absolute Gasteiger partial charge is 0.0923 e. The minimum absolute atomic E-state index is 0. The van der Waals surface area contributed by atoms with Gasteiger partial charge in [-0.25, -0.2) is 4.98 Å². The summed E-state index contributed by atoms with van der Waals surface area (Å²) in [5, 5.41) is 0. The second-order valence-corrected chi connectivity index (χ2v) is 1.60. The van der Waals surface area contributed by atoms with Crippen LogP contribution in [0.15, 0.2) is 12.5 Å². The second-order valence-electron chi connectivity index (χ2n) is 1.60. The van der Waals surface area contributed by atoms with Crippen molar-refractivity contribution in [2.45, 2.75) is 6.42 Å². The maximum Gasteiger partial charge on any atom is 0.0923 e. The molecular weight excluding hydrogens is 161 g/mol. The fourth-order valence-electron chi connectivity index (χ4n) is 0.576. The molecule has 4 heteroatoms. The maximum absolute atomic E-state index is 5.27. The second kappa shape index (κ2) is 4.55. The minimum Gasteiger partial charge on any atom is -0.351 e. The van der Waals surface area contributed by atoms with Crippen molar-refractivity contribution in [3.63, 3.8) is 0 Å². The van der Waals surface area contributed by atoms with Crippen LogP contribution in [0.1, 0.15) is 5.69 Å². The molecule has 1 radical (unpaired) electrons. The molecule has 0 aromatic carbocycles. The largest absolute Gasteiger partial charge is 0.351 e. The van der Waals surface area contributed by atoms with Crippen molar-refractivity contribution in [3.8, 4) is 0 Å². The van der Waals surface area contributed by atoms with E-state index in [9.17, 15) is 0 Å². The standard InChI is InChI=1S/C5H9N3.Co/c6-2-1-5-3-7-4-8-5;/h3-4H,1-2,6H2,(H,7,8);. The summed E-state index contributed by atoms with van der Waals surface area (Å²) in [6, 6.07) is 0. The van der Waals surface area contributed by atoms with Crippen molar-refractivity contribution in [1.29, 1.82) is 0 Å². The Morgan fingerprint density at radius 1 is 1.67 bits per heavy atom. The van der Waals surface area contributed by atoms with Crippen molar-refractivity contribution in [3.05, 3.63) is 18.2 Å². The van der Waals surface area contributed by atoms with Crippen LogP contribution in [0, 0.1) is 0 Å². The first-order valence-corrected chi connectivity index (χ1v) is 2.61. The molecule has 1 aromatic rings. The average Bonchev–Trinajstić information content (AvgIpc) is 2.19. The van der Waals surface area contributed by atoms with Gasteiger partial charge in [0.25, 0.3) is 0 Å². The molecule has 53 valence electrons. The predicted octanol–water partition coefficient (Wildman–Crippen LogP) is -0.0916. The first-order valence-electron chi connectivity index (χ1n) is 2.61. The summed E-state index contributed by atoms with van der Waals surface area (Å²) < 4.78 is 0. The Morgan fingerprint density at radius 3 is 2.89 bits per heavy atom. The van der Waals surface area contributed by atoms with Crippen molar-refractivity contribution in [1.82, 2.24) is 9.97 Å². The minimum atomic E-state index is 0. The van der Waals surface area contributed by atoms with E-state index in [0.717, 1.165) is 12.1 Å². The molecule has 0 bridgehead atoms. The van der Waals surface area contributed by atoms with Gasteiger partial charge in [-0.1, -0.05) is 0 Å². The maximum atomic E-state index is 5.27. The Kier molecular flexibility index (Phi) is 4.38. The van der Waals surface area contributed by atoms with Gasteiger partial charge < -0.3 is 10.7 Å². The van der Waals surface area contributed by atoms with Crippen LogP contribution in [0.2, 0.25) is 0 Å². The Labute approximate surface area is 64.3 Å². The van der Waals surface area contributed by atoms with Crippen LogP contribution >= 0.6 is 0 Å². The zero-order chi connectivity index (χ0) is 5.82. The fraction of sp³-hybridized carbons (Fsp3) is 0.400. The zero-order valence-electron chi connectivity index (χ0n) is 4.93. The van der Waals surface area contributed by atoms with E-state index in [1.54, 1.807) is 6.33 Å². The van der Waals surface area contributed by atoms with Gasteiger partial charge in [0.15, 0.2) is 0 Å². The molecule has 3 N–H and O–H groups in total. The number of nitrogens with one attached hydrogen (secondary N) is 1. The molecule has 0 saturated heterocycles. The number of H-pyrrole nitrogens is 1. The van der Waals surface area contributed by atoms with Crippen LogP contribution in [0.25, 0.3) is 0 Å². The van der Waals surface area contributed by atoms with Crippen molar-refractivity contribution in [2.24, 2.45) is 5.73 Å². The number of hydrogen-bond acceptors (Lipinski definition) is 2. The van der Waals surface area contributed by atoms with Gasteiger partial charge in [-0.05, 0) is 6.54 Å². The van der Waals surface area contributed by atoms with Gasteiger partial charge in [-0.2, -0.15) is 0 Å². The number of nitrogens with two attached hydrogens (primary N) is 1. The molecule has 0 saturated carbocycles. The molecular formula is C5H9CoN3. The van der Waals surface area contributed by atoms with Crippen molar-refractivity contribution >= 4 is 0 Å². The quantitative estimate of drug-likeness (QED) is 0.651. The molecule has 0 unspecified atom stereocenters. The summed E-state index contributed by atoms with van der Waals surface area (Å²) in [4.78, 5) is 6.82. The van der Waals surface area contributed by atoms with E-state index in [4.69, 9.17) is 5.73 Å². The molecule has 0 atom stereocenters. The van der Waals surface area contributed by atoms with E-state index in [-0.39, 0.29) is 16.8 Å². The topological polar surface area (TPSA) is 54.7 Å². The molecule has 3 nitrogen and oxygen atoms in total. The SMILES string of the molecule is NCCc1c[nH]cn1.[Co]. The molecule has 0 aliphatic heterocycles. The van der Waals surface area contributed by atoms with Gasteiger partial charge in [0.2, 0.25) is 0 Å². The van der Waals surface area contributed by atoms with Crippen LogP contribution < -0.4 is 5.73 Å². The number of aromatic amines is 1. The predicted molar refractivity (Wildman–Crippen MR) is 31.3 cm³/mol. The van der Waals surface area contributed by atoms with Crippen LogP contribution in [-0.2, 0) is 23.2 Å².